The van der Waals surface area contributed by atoms with Crippen molar-refractivity contribution in [2.75, 3.05) is 5.32 Å². The topological polar surface area (TPSA) is 79.0 Å². The third-order valence-electron chi connectivity index (χ3n) is 2.72. The summed E-state index contributed by atoms with van der Waals surface area (Å²) in [6.07, 6.45) is 0. The maximum atomic E-state index is 10.9. The van der Waals surface area contributed by atoms with E-state index in [4.69, 9.17) is 16.9 Å². The largest absolute Gasteiger partial charge is 0.354 e. The number of nitrogens with zero attached hydrogens (tertiary/aromatic N) is 2. The Hall–Kier alpha value is -2.58. The molecule has 0 saturated carbocycles. The zero-order valence-electron chi connectivity index (χ0n) is 10.6. The van der Waals surface area contributed by atoms with Crippen LogP contribution in [0, 0.1) is 28.4 Å². The van der Waals surface area contributed by atoms with Crippen LogP contribution in [0.1, 0.15) is 11.1 Å². The van der Waals surface area contributed by atoms with E-state index >= 15 is 0 Å². The van der Waals surface area contributed by atoms with E-state index in [-0.39, 0.29) is 11.3 Å². The van der Waals surface area contributed by atoms with Crippen molar-refractivity contribution < 1.29 is 4.92 Å². The lowest BCUT2D eigenvalue weighted by Gasteiger charge is -2.09. The summed E-state index contributed by atoms with van der Waals surface area (Å²) in [6, 6.07) is 11.6. The normalized spacial score (nSPS) is 9.85. The number of anilines is 2. The van der Waals surface area contributed by atoms with Crippen LogP contribution in [0.3, 0.4) is 0 Å². The lowest BCUT2D eigenvalue weighted by Crippen LogP contribution is -1.96. The number of nitriles is 1. The Kier molecular flexibility index (Phi) is 3.87. The zero-order valence-corrected chi connectivity index (χ0v) is 11.3. The fraction of sp³-hybridized carbons (Fsp3) is 0.0714. The molecule has 0 atom stereocenters. The van der Waals surface area contributed by atoms with E-state index < -0.39 is 4.92 Å². The molecule has 0 fully saturated rings. The van der Waals surface area contributed by atoms with Gasteiger partial charge in [0, 0.05) is 11.8 Å². The van der Waals surface area contributed by atoms with Gasteiger partial charge in [0.25, 0.3) is 5.69 Å². The summed E-state index contributed by atoms with van der Waals surface area (Å²) >= 11 is 6.09. The van der Waals surface area contributed by atoms with E-state index in [0.717, 1.165) is 5.56 Å². The van der Waals surface area contributed by atoms with Gasteiger partial charge in [-0.1, -0.05) is 17.7 Å². The first-order valence-electron chi connectivity index (χ1n) is 5.73. The number of halogens is 1. The van der Waals surface area contributed by atoms with Gasteiger partial charge in [-0.25, -0.2) is 0 Å². The number of nitro benzene ring substituents is 1. The first kappa shape index (κ1) is 13.8. The maximum Gasteiger partial charge on any atom is 0.289 e. The van der Waals surface area contributed by atoms with Crippen LogP contribution in [0.5, 0.6) is 0 Å². The summed E-state index contributed by atoms with van der Waals surface area (Å²) in [5.41, 5.74) is 1.96. The smallest absolute Gasteiger partial charge is 0.289 e. The fourth-order valence-corrected chi connectivity index (χ4v) is 2.01. The number of hydrogen-bond acceptors (Lipinski definition) is 4. The van der Waals surface area contributed by atoms with Gasteiger partial charge in [0.15, 0.2) is 0 Å². The van der Waals surface area contributed by atoms with Crippen LogP contribution < -0.4 is 5.32 Å². The van der Waals surface area contributed by atoms with Gasteiger partial charge < -0.3 is 5.32 Å². The minimum atomic E-state index is -0.583. The lowest BCUT2D eigenvalue weighted by atomic mass is 10.1. The van der Waals surface area contributed by atoms with Crippen molar-refractivity contribution in [3.8, 4) is 6.07 Å². The van der Waals surface area contributed by atoms with Crippen molar-refractivity contribution in [1.82, 2.24) is 0 Å². The Morgan fingerprint density at radius 3 is 2.65 bits per heavy atom. The average molecular weight is 288 g/mol. The molecule has 2 rings (SSSR count). The predicted octanol–water partition coefficient (Wildman–Crippen LogP) is 4.17. The molecule has 0 unspecified atom stereocenters. The number of nitrogens with one attached hydrogen (secondary N) is 1. The average Bonchev–Trinajstić information content (AvgIpc) is 2.41. The second-order valence-electron chi connectivity index (χ2n) is 4.21. The van der Waals surface area contributed by atoms with E-state index in [1.807, 2.05) is 13.0 Å². The summed E-state index contributed by atoms with van der Waals surface area (Å²) in [6.45, 7) is 1.92. The quantitative estimate of drug-likeness (QED) is 0.678. The summed E-state index contributed by atoms with van der Waals surface area (Å²) in [4.78, 5) is 10.3. The molecule has 2 aromatic carbocycles. The number of aryl methyl sites for hydroxylation is 1. The van der Waals surface area contributed by atoms with Crippen LogP contribution >= 0.6 is 11.6 Å². The number of rotatable bonds is 3. The molecule has 0 bridgehead atoms. The van der Waals surface area contributed by atoms with Gasteiger partial charge in [0.05, 0.1) is 15.6 Å². The van der Waals surface area contributed by atoms with Crippen LogP contribution in [0.25, 0.3) is 0 Å². The summed E-state index contributed by atoms with van der Waals surface area (Å²) in [5, 5.41) is 23.2. The van der Waals surface area contributed by atoms with Crippen LogP contribution in [0.15, 0.2) is 36.4 Å². The van der Waals surface area contributed by atoms with E-state index in [1.165, 1.54) is 12.1 Å². The molecule has 5 nitrogen and oxygen atoms in total. The first-order chi connectivity index (χ1) is 9.51. The van der Waals surface area contributed by atoms with Gasteiger partial charge in [0.2, 0.25) is 0 Å². The lowest BCUT2D eigenvalue weighted by molar-refractivity contribution is -0.385. The van der Waals surface area contributed by atoms with Crippen molar-refractivity contribution >= 4 is 28.7 Å². The molecular formula is C14H10ClN3O2. The Morgan fingerprint density at radius 2 is 2.05 bits per heavy atom. The molecule has 0 aliphatic heterocycles. The van der Waals surface area contributed by atoms with Gasteiger partial charge in [-0.15, -0.1) is 0 Å². The second-order valence-corrected chi connectivity index (χ2v) is 4.62. The molecule has 0 saturated heterocycles. The van der Waals surface area contributed by atoms with Crippen LogP contribution in [-0.2, 0) is 0 Å². The molecule has 1 N–H and O–H groups in total. The summed E-state index contributed by atoms with van der Waals surface area (Å²) in [7, 11) is 0. The van der Waals surface area contributed by atoms with Crippen molar-refractivity contribution in [2.45, 2.75) is 6.92 Å². The Labute approximate surface area is 120 Å². The van der Waals surface area contributed by atoms with Gasteiger partial charge in [-0.3, -0.25) is 10.1 Å². The van der Waals surface area contributed by atoms with Gasteiger partial charge in [0.1, 0.15) is 11.6 Å². The molecule has 0 aliphatic rings. The van der Waals surface area contributed by atoms with Crippen LogP contribution in [0.2, 0.25) is 5.02 Å². The van der Waals surface area contributed by atoms with Gasteiger partial charge in [-0.05, 0) is 36.8 Å². The molecule has 0 aromatic heterocycles. The standard InChI is InChI=1S/C14H10ClN3O2/c1-9-2-5-13(12(15)6-9)17-11-4-3-10(8-16)14(7-11)18(19)20/h2-7,17H,1H3. The zero-order chi connectivity index (χ0) is 14.7. The molecular weight excluding hydrogens is 278 g/mol. The monoisotopic (exact) mass is 287 g/mol. The highest BCUT2D eigenvalue weighted by Gasteiger charge is 2.14. The van der Waals surface area contributed by atoms with Crippen LogP contribution in [0.4, 0.5) is 17.1 Å². The SMILES string of the molecule is Cc1ccc(Nc2ccc(C#N)c([N+](=O)[O-])c2)c(Cl)c1. The molecule has 0 radical (unpaired) electrons. The number of benzene rings is 2. The van der Waals surface area contributed by atoms with Crippen molar-refractivity contribution in [3.63, 3.8) is 0 Å². The number of hydrogen-bond donors (Lipinski definition) is 1. The maximum absolute atomic E-state index is 10.9. The highest BCUT2D eigenvalue weighted by atomic mass is 35.5. The molecule has 6 heteroatoms. The molecule has 0 amide bonds. The van der Waals surface area contributed by atoms with Crippen molar-refractivity contribution in [1.29, 1.82) is 5.26 Å². The molecule has 0 heterocycles. The first-order valence-corrected chi connectivity index (χ1v) is 6.11. The van der Waals surface area contributed by atoms with Crippen molar-refractivity contribution in [2.24, 2.45) is 0 Å². The van der Waals surface area contributed by atoms with E-state index in [1.54, 1.807) is 24.3 Å². The van der Waals surface area contributed by atoms with Gasteiger partial charge >= 0.3 is 0 Å². The summed E-state index contributed by atoms with van der Waals surface area (Å²) < 4.78 is 0. The second kappa shape index (κ2) is 5.59. The van der Waals surface area contributed by atoms with Gasteiger partial charge in [-0.2, -0.15) is 5.26 Å². The Balaban J connectivity index is 2.37. The highest BCUT2D eigenvalue weighted by molar-refractivity contribution is 6.33. The molecule has 2 aromatic rings. The third kappa shape index (κ3) is 2.87. The molecule has 100 valence electrons. The van der Waals surface area contributed by atoms with Crippen LogP contribution in [-0.4, -0.2) is 4.92 Å². The third-order valence-corrected chi connectivity index (χ3v) is 3.03. The molecule has 20 heavy (non-hydrogen) atoms. The number of nitro groups is 1. The highest BCUT2D eigenvalue weighted by Crippen LogP contribution is 2.29. The van der Waals surface area contributed by atoms with E-state index in [2.05, 4.69) is 5.32 Å². The summed E-state index contributed by atoms with van der Waals surface area (Å²) in [5.74, 6) is 0. The van der Waals surface area contributed by atoms with E-state index in [9.17, 15) is 10.1 Å². The fourth-order valence-electron chi connectivity index (χ4n) is 1.73. The Morgan fingerprint density at radius 1 is 1.30 bits per heavy atom. The predicted molar refractivity (Wildman–Crippen MR) is 77.3 cm³/mol. The minimum Gasteiger partial charge on any atom is -0.354 e. The molecule has 0 aliphatic carbocycles. The van der Waals surface area contributed by atoms with E-state index in [0.29, 0.717) is 16.4 Å². The molecule has 0 spiro atoms. The minimum absolute atomic E-state index is 0.0237. The van der Waals surface area contributed by atoms with Crippen molar-refractivity contribution in [3.05, 3.63) is 62.7 Å². The Bertz CT molecular complexity index is 723.